The summed E-state index contributed by atoms with van der Waals surface area (Å²) in [6, 6.07) is 8.39. The van der Waals surface area contributed by atoms with E-state index in [2.05, 4.69) is 32.2 Å². The van der Waals surface area contributed by atoms with E-state index in [1.165, 1.54) is 5.56 Å². The van der Waals surface area contributed by atoms with Crippen molar-refractivity contribution < 1.29 is 9.47 Å². The van der Waals surface area contributed by atoms with E-state index in [0.717, 1.165) is 18.7 Å². The lowest BCUT2D eigenvalue weighted by molar-refractivity contribution is 0.0154. The van der Waals surface area contributed by atoms with Crippen LogP contribution < -0.4 is 10.1 Å². The van der Waals surface area contributed by atoms with E-state index >= 15 is 0 Å². The van der Waals surface area contributed by atoms with Crippen LogP contribution >= 0.6 is 0 Å². The molecule has 18 heavy (non-hydrogen) atoms. The molecule has 0 saturated carbocycles. The molecular formula is C15H25NO2. The Bertz CT molecular complexity index is 363. The number of rotatable bonds is 7. The summed E-state index contributed by atoms with van der Waals surface area (Å²) in [5.41, 5.74) is 1.11. The Kier molecular flexibility index (Phi) is 5.63. The molecule has 0 aliphatic carbocycles. The molecule has 0 aliphatic heterocycles. The standard InChI is InChI=1S/C15H25NO2/c1-12(16-11-10-15(2,3)18-5)13-8-6-7-9-14(13)17-4/h6-9,12,16H,10-11H2,1-5H3/t12-/m1/s1. The van der Waals surface area contributed by atoms with Crippen LogP contribution in [0.3, 0.4) is 0 Å². The van der Waals surface area contributed by atoms with Gasteiger partial charge in [0.25, 0.3) is 0 Å². The summed E-state index contributed by atoms with van der Waals surface area (Å²) in [6.07, 6.45) is 0.975. The molecule has 1 aromatic carbocycles. The number of para-hydroxylation sites is 1. The van der Waals surface area contributed by atoms with Gasteiger partial charge < -0.3 is 14.8 Å². The van der Waals surface area contributed by atoms with E-state index in [9.17, 15) is 0 Å². The van der Waals surface area contributed by atoms with Crippen LogP contribution in [0, 0.1) is 0 Å². The van der Waals surface area contributed by atoms with Gasteiger partial charge in [-0.25, -0.2) is 0 Å². The molecule has 1 aromatic rings. The monoisotopic (exact) mass is 251 g/mol. The van der Waals surface area contributed by atoms with Crippen LogP contribution in [0.4, 0.5) is 0 Å². The first kappa shape index (κ1) is 15.0. The van der Waals surface area contributed by atoms with Crippen molar-refractivity contribution in [2.75, 3.05) is 20.8 Å². The van der Waals surface area contributed by atoms with Crippen molar-refractivity contribution in [2.24, 2.45) is 0 Å². The van der Waals surface area contributed by atoms with Crippen LogP contribution in [0.1, 0.15) is 38.8 Å². The fourth-order valence-corrected chi connectivity index (χ4v) is 1.83. The first-order valence-corrected chi connectivity index (χ1v) is 6.41. The second-order valence-electron chi connectivity index (χ2n) is 5.13. The van der Waals surface area contributed by atoms with E-state index in [4.69, 9.17) is 9.47 Å². The van der Waals surface area contributed by atoms with Crippen molar-refractivity contribution in [2.45, 2.75) is 38.8 Å². The maximum absolute atomic E-state index is 5.41. The molecule has 0 aliphatic rings. The van der Waals surface area contributed by atoms with Crippen LogP contribution in [0.15, 0.2) is 24.3 Å². The fourth-order valence-electron chi connectivity index (χ4n) is 1.83. The predicted octanol–water partition coefficient (Wildman–Crippen LogP) is 3.16. The number of hydrogen-bond donors (Lipinski definition) is 1. The summed E-state index contributed by atoms with van der Waals surface area (Å²) >= 11 is 0. The van der Waals surface area contributed by atoms with E-state index in [0.29, 0.717) is 0 Å². The molecule has 3 nitrogen and oxygen atoms in total. The summed E-state index contributed by atoms with van der Waals surface area (Å²) in [4.78, 5) is 0. The molecule has 0 heterocycles. The zero-order chi connectivity index (χ0) is 13.6. The Hall–Kier alpha value is -1.06. The Morgan fingerprint density at radius 2 is 1.89 bits per heavy atom. The molecule has 0 bridgehead atoms. The van der Waals surface area contributed by atoms with Gasteiger partial charge in [-0.15, -0.1) is 0 Å². The van der Waals surface area contributed by atoms with E-state index in [1.54, 1.807) is 14.2 Å². The maximum Gasteiger partial charge on any atom is 0.123 e. The first-order chi connectivity index (χ1) is 8.50. The molecule has 1 rings (SSSR count). The molecular weight excluding hydrogens is 226 g/mol. The zero-order valence-electron chi connectivity index (χ0n) is 12.1. The van der Waals surface area contributed by atoms with E-state index < -0.39 is 0 Å². The van der Waals surface area contributed by atoms with Gasteiger partial charge >= 0.3 is 0 Å². The average molecular weight is 251 g/mol. The van der Waals surface area contributed by atoms with Crippen molar-refractivity contribution in [1.82, 2.24) is 5.32 Å². The molecule has 0 spiro atoms. The van der Waals surface area contributed by atoms with Gasteiger partial charge in [0.1, 0.15) is 5.75 Å². The SMILES string of the molecule is COc1ccccc1[C@@H](C)NCCC(C)(C)OC. The molecule has 0 radical (unpaired) electrons. The average Bonchev–Trinajstić information content (AvgIpc) is 2.38. The van der Waals surface area contributed by atoms with Crippen molar-refractivity contribution in [1.29, 1.82) is 0 Å². The predicted molar refractivity (Wildman–Crippen MR) is 75.1 cm³/mol. The fraction of sp³-hybridized carbons (Fsp3) is 0.600. The van der Waals surface area contributed by atoms with Crippen LogP contribution in [0.25, 0.3) is 0 Å². The van der Waals surface area contributed by atoms with Gasteiger partial charge in [-0.2, -0.15) is 0 Å². The van der Waals surface area contributed by atoms with Gasteiger partial charge in [0.15, 0.2) is 0 Å². The lowest BCUT2D eigenvalue weighted by atomic mass is 10.0. The van der Waals surface area contributed by atoms with Crippen LogP contribution in [-0.2, 0) is 4.74 Å². The molecule has 0 saturated heterocycles. The normalized spacial score (nSPS) is 13.4. The first-order valence-electron chi connectivity index (χ1n) is 6.41. The lowest BCUT2D eigenvalue weighted by Gasteiger charge is -2.24. The van der Waals surface area contributed by atoms with Gasteiger partial charge in [0.2, 0.25) is 0 Å². The topological polar surface area (TPSA) is 30.5 Å². The van der Waals surface area contributed by atoms with Crippen molar-refractivity contribution in [3.63, 3.8) is 0 Å². The third kappa shape index (κ3) is 4.31. The molecule has 0 fully saturated rings. The number of methoxy groups -OCH3 is 2. The third-order valence-electron chi connectivity index (χ3n) is 3.34. The molecule has 102 valence electrons. The number of hydrogen-bond acceptors (Lipinski definition) is 3. The Morgan fingerprint density at radius 3 is 2.50 bits per heavy atom. The van der Waals surface area contributed by atoms with Gasteiger partial charge in [-0.1, -0.05) is 18.2 Å². The van der Waals surface area contributed by atoms with E-state index in [1.807, 2.05) is 18.2 Å². The highest BCUT2D eigenvalue weighted by Crippen LogP contribution is 2.24. The third-order valence-corrected chi connectivity index (χ3v) is 3.34. The zero-order valence-corrected chi connectivity index (χ0v) is 12.1. The minimum absolute atomic E-state index is 0.0759. The second-order valence-corrected chi connectivity index (χ2v) is 5.13. The Balaban J connectivity index is 2.53. The van der Waals surface area contributed by atoms with Gasteiger partial charge in [-0.3, -0.25) is 0 Å². The minimum atomic E-state index is -0.0759. The van der Waals surface area contributed by atoms with Crippen LogP contribution in [0.5, 0.6) is 5.75 Å². The molecule has 0 amide bonds. The minimum Gasteiger partial charge on any atom is -0.496 e. The maximum atomic E-state index is 5.41. The van der Waals surface area contributed by atoms with Crippen LogP contribution in [-0.4, -0.2) is 26.4 Å². The molecule has 0 aromatic heterocycles. The highest BCUT2D eigenvalue weighted by molar-refractivity contribution is 5.35. The Labute approximate surface area is 110 Å². The van der Waals surface area contributed by atoms with Crippen LogP contribution in [0.2, 0.25) is 0 Å². The van der Waals surface area contributed by atoms with Gasteiger partial charge in [0.05, 0.1) is 12.7 Å². The quantitative estimate of drug-likeness (QED) is 0.807. The van der Waals surface area contributed by atoms with Crippen molar-refractivity contribution in [3.05, 3.63) is 29.8 Å². The summed E-state index contributed by atoms with van der Waals surface area (Å²) in [5.74, 6) is 0.934. The highest BCUT2D eigenvalue weighted by Gasteiger charge is 2.17. The largest absolute Gasteiger partial charge is 0.496 e. The Morgan fingerprint density at radius 1 is 1.22 bits per heavy atom. The number of nitrogens with one attached hydrogen (secondary N) is 1. The number of benzene rings is 1. The smallest absolute Gasteiger partial charge is 0.123 e. The summed E-state index contributed by atoms with van der Waals surface area (Å²) in [6.45, 7) is 7.27. The molecule has 1 N–H and O–H groups in total. The summed E-state index contributed by atoms with van der Waals surface area (Å²) in [5, 5.41) is 3.50. The molecule has 0 unspecified atom stereocenters. The summed E-state index contributed by atoms with van der Waals surface area (Å²) in [7, 11) is 3.46. The summed E-state index contributed by atoms with van der Waals surface area (Å²) < 4.78 is 10.8. The molecule has 3 heteroatoms. The van der Waals surface area contributed by atoms with Gasteiger partial charge in [-0.05, 0) is 39.8 Å². The number of ether oxygens (including phenoxy) is 2. The second kappa shape index (κ2) is 6.76. The van der Waals surface area contributed by atoms with Gasteiger partial charge in [0, 0.05) is 18.7 Å². The van der Waals surface area contributed by atoms with Crippen molar-refractivity contribution >= 4 is 0 Å². The van der Waals surface area contributed by atoms with Crippen molar-refractivity contribution in [3.8, 4) is 5.75 Å². The highest BCUT2D eigenvalue weighted by atomic mass is 16.5. The van der Waals surface area contributed by atoms with E-state index in [-0.39, 0.29) is 11.6 Å². The molecule has 1 atom stereocenters. The lowest BCUT2D eigenvalue weighted by Crippen LogP contribution is -2.30.